The molecule has 4 atom stereocenters. The molecule has 0 aromatic heterocycles. The van der Waals surface area contributed by atoms with Crippen LogP contribution in [0, 0.1) is 17.8 Å². The molecule has 3 aliphatic rings. The molecule has 0 amide bonds. The molecule has 3 aliphatic carbocycles. The molecule has 0 spiro atoms. The molecule has 3 rings (SSSR count). The second-order valence-electron chi connectivity index (χ2n) is 7.60. The molecule has 0 saturated heterocycles. The van der Waals surface area contributed by atoms with E-state index in [1.807, 2.05) is 0 Å². The Morgan fingerprint density at radius 3 is 2.40 bits per heavy atom. The fraction of sp³-hybridized carbons (Fsp3) is 1.00. The number of rotatable bonds is 5. The first-order chi connectivity index (χ1) is 9.83. The van der Waals surface area contributed by atoms with Crippen LogP contribution in [-0.2, 0) is 0 Å². The molecule has 116 valence electrons. The molecule has 2 N–H and O–H groups in total. The molecule has 3 fully saturated rings. The minimum Gasteiger partial charge on any atom is -0.330 e. The topological polar surface area (TPSA) is 29.3 Å². The maximum atomic E-state index is 6.07. The van der Waals surface area contributed by atoms with Gasteiger partial charge in [0.1, 0.15) is 0 Å². The summed E-state index contributed by atoms with van der Waals surface area (Å²) >= 11 is 0. The van der Waals surface area contributed by atoms with Crippen LogP contribution in [0.15, 0.2) is 0 Å². The van der Waals surface area contributed by atoms with Crippen molar-refractivity contribution in [3.63, 3.8) is 0 Å². The van der Waals surface area contributed by atoms with Crippen LogP contribution in [-0.4, -0.2) is 30.1 Å². The van der Waals surface area contributed by atoms with E-state index in [1.54, 1.807) is 0 Å². The molecular formula is C18H34N2. The number of hydrogen-bond acceptors (Lipinski definition) is 2. The highest BCUT2D eigenvalue weighted by Crippen LogP contribution is 2.45. The molecule has 0 aromatic rings. The van der Waals surface area contributed by atoms with Gasteiger partial charge >= 0.3 is 0 Å². The van der Waals surface area contributed by atoms with Crippen molar-refractivity contribution in [2.24, 2.45) is 23.5 Å². The van der Waals surface area contributed by atoms with Crippen molar-refractivity contribution in [3.8, 4) is 0 Å². The third-order valence-corrected chi connectivity index (χ3v) is 6.41. The van der Waals surface area contributed by atoms with Gasteiger partial charge in [-0.3, -0.25) is 4.90 Å². The average Bonchev–Trinajstić information content (AvgIpc) is 3.34. The SMILES string of the molecule is CCN(C1CCCC(C2CC2)C1)C1CCCCC1CN. The highest BCUT2D eigenvalue weighted by atomic mass is 15.2. The van der Waals surface area contributed by atoms with Gasteiger partial charge in [-0.2, -0.15) is 0 Å². The molecule has 0 aromatic carbocycles. The van der Waals surface area contributed by atoms with E-state index in [-0.39, 0.29) is 0 Å². The van der Waals surface area contributed by atoms with Crippen molar-refractivity contribution >= 4 is 0 Å². The summed E-state index contributed by atoms with van der Waals surface area (Å²) in [7, 11) is 0. The normalized spacial score (nSPS) is 39.1. The Morgan fingerprint density at radius 1 is 0.900 bits per heavy atom. The molecule has 2 heteroatoms. The van der Waals surface area contributed by atoms with Crippen LogP contribution in [0.25, 0.3) is 0 Å². The molecule has 0 heterocycles. The summed E-state index contributed by atoms with van der Waals surface area (Å²) < 4.78 is 0. The van der Waals surface area contributed by atoms with E-state index < -0.39 is 0 Å². The van der Waals surface area contributed by atoms with E-state index in [2.05, 4.69) is 11.8 Å². The monoisotopic (exact) mass is 278 g/mol. The fourth-order valence-corrected chi connectivity index (χ4v) is 5.16. The van der Waals surface area contributed by atoms with Gasteiger partial charge in [-0.1, -0.05) is 32.6 Å². The zero-order valence-electron chi connectivity index (χ0n) is 13.4. The van der Waals surface area contributed by atoms with Gasteiger partial charge < -0.3 is 5.73 Å². The summed E-state index contributed by atoms with van der Waals surface area (Å²) in [5.74, 6) is 2.93. The minimum atomic E-state index is 0.769. The standard InChI is InChI=1S/C18H34N2/c1-2-20(18-9-4-3-6-16(18)13-19)17-8-5-7-15(12-17)14-10-11-14/h14-18H,2-13,19H2,1H3. The van der Waals surface area contributed by atoms with E-state index in [0.29, 0.717) is 0 Å². The quantitative estimate of drug-likeness (QED) is 0.829. The zero-order valence-corrected chi connectivity index (χ0v) is 13.4. The fourth-order valence-electron chi connectivity index (χ4n) is 5.16. The van der Waals surface area contributed by atoms with Crippen LogP contribution in [0.3, 0.4) is 0 Å². The molecule has 3 saturated carbocycles. The average molecular weight is 278 g/mol. The van der Waals surface area contributed by atoms with Gasteiger partial charge in [-0.25, -0.2) is 0 Å². The van der Waals surface area contributed by atoms with Crippen LogP contribution in [0.2, 0.25) is 0 Å². The Hall–Kier alpha value is -0.0800. The van der Waals surface area contributed by atoms with E-state index in [0.717, 1.165) is 36.4 Å². The van der Waals surface area contributed by atoms with Gasteiger partial charge in [0.05, 0.1) is 0 Å². The third kappa shape index (κ3) is 3.22. The molecule has 4 unspecified atom stereocenters. The Kier molecular flexibility index (Phi) is 5.04. The van der Waals surface area contributed by atoms with Crippen LogP contribution in [0.4, 0.5) is 0 Å². The first-order valence-corrected chi connectivity index (χ1v) is 9.29. The second-order valence-corrected chi connectivity index (χ2v) is 7.60. The van der Waals surface area contributed by atoms with E-state index in [1.165, 1.54) is 70.8 Å². The molecule has 2 nitrogen and oxygen atoms in total. The zero-order chi connectivity index (χ0) is 13.9. The second kappa shape index (κ2) is 6.79. The van der Waals surface area contributed by atoms with Crippen LogP contribution >= 0.6 is 0 Å². The minimum absolute atomic E-state index is 0.769. The lowest BCUT2D eigenvalue weighted by Gasteiger charge is -2.46. The Balaban J connectivity index is 1.64. The summed E-state index contributed by atoms with van der Waals surface area (Å²) in [5.41, 5.74) is 6.07. The van der Waals surface area contributed by atoms with Crippen molar-refractivity contribution in [2.45, 2.75) is 83.2 Å². The summed E-state index contributed by atoms with van der Waals surface area (Å²) in [6, 6.07) is 1.67. The van der Waals surface area contributed by atoms with E-state index in [9.17, 15) is 0 Å². The van der Waals surface area contributed by atoms with Gasteiger partial charge in [0.15, 0.2) is 0 Å². The number of nitrogens with two attached hydrogens (primary N) is 1. The van der Waals surface area contributed by atoms with Gasteiger partial charge in [-0.15, -0.1) is 0 Å². The van der Waals surface area contributed by atoms with Crippen molar-refractivity contribution in [1.29, 1.82) is 0 Å². The Labute approximate surface area is 125 Å². The summed E-state index contributed by atoms with van der Waals surface area (Å²) in [6.07, 6.45) is 14.6. The van der Waals surface area contributed by atoms with E-state index in [4.69, 9.17) is 5.73 Å². The molecule has 0 bridgehead atoms. The third-order valence-electron chi connectivity index (χ3n) is 6.41. The first kappa shape index (κ1) is 14.8. The summed E-state index contributed by atoms with van der Waals surface area (Å²) in [4.78, 5) is 2.88. The molecule has 0 aliphatic heterocycles. The van der Waals surface area contributed by atoms with Gasteiger partial charge in [-0.05, 0) is 69.4 Å². The van der Waals surface area contributed by atoms with Crippen molar-refractivity contribution < 1.29 is 0 Å². The molecule has 0 radical (unpaired) electrons. The van der Waals surface area contributed by atoms with Gasteiger partial charge in [0.25, 0.3) is 0 Å². The predicted octanol–water partition coefficient (Wildman–Crippen LogP) is 3.79. The largest absolute Gasteiger partial charge is 0.330 e. The maximum Gasteiger partial charge on any atom is 0.0138 e. The Morgan fingerprint density at radius 2 is 1.70 bits per heavy atom. The lowest BCUT2D eigenvalue weighted by Crippen LogP contribution is -2.51. The van der Waals surface area contributed by atoms with Gasteiger partial charge in [0.2, 0.25) is 0 Å². The lowest BCUT2D eigenvalue weighted by atomic mass is 9.78. The Bertz CT molecular complexity index is 300. The molecule has 20 heavy (non-hydrogen) atoms. The van der Waals surface area contributed by atoms with Crippen molar-refractivity contribution in [1.82, 2.24) is 4.90 Å². The van der Waals surface area contributed by atoms with Crippen LogP contribution < -0.4 is 5.73 Å². The van der Waals surface area contributed by atoms with Gasteiger partial charge in [0, 0.05) is 12.1 Å². The van der Waals surface area contributed by atoms with Crippen LogP contribution in [0.1, 0.15) is 71.1 Å². The highest BCUT2D eigenvalue weighted by molar-refractivity contribution is 4.92. The predicted molar refractivity (Wildman–Crippen MR) is 85.7 cm³/mol. The number of nitrogens with zero attached hydrogens (tertiary/aromatic N) is 1. The van der Waals surface area contributed by atoms with Crippen molar-refractivity contribution in [3.05, 3.63) is 0 Å². The first-order valence-electron chi connectivity index (χ1n) is 9.29. The van der Waals surface area contributed by atoms with Crippen LogP contribution in [0.5, 0.6) is 0 Å². The highest BCUT2D eigenvalue weighted by Gasteiger charge is 2.39. The molecular weight excluding hydrogens is 244 g/mol. The maximum absolute atomic E-state index is 6.07. The lowest BCUT2D eigenvalue weighted by molar-refractivity contribution is 0.0393. The summed E-state index contributed by atoms with van der Waals surface area (Å²) in [5, 5.41) is 0. The van der Waals surface area contributed by atoms with E-state index >= 15 is 0 Å². The number of hydrogen-bond donors (Lipinski definition) is 1. The van der Waals surface area contributed by atoms with Crippen molar-refractivity contribution in [2.75, 3.05) is 13.1 Å². The summed E-state index contributed by atoms with van der Waals surface area (Å²) in [6.45, 7) is 4.52. The smallest absolute Gasteiger partial charge is 0.0138 e.